The number of rotatable bonds is 3. The van der Waals surface area contributed by atoms with Crippen LogP contribution in [0, 0.1) is 0 Å². The first kappa shape index (κ1) is 12.5. The molecule has 0 aliphatic rings. The van der Waals surface area contributed by atoms with Crippen LogP contribution >= 0.6 is 31.9 Å². The molecule has 88 valence electrons. The number of pyridine rings is 1. The van der Waals surface area contributed by atoms with Crippen molar-refractivity contribution in [1.82, 2.24) is 4.98 Å². The number of aromatic nitrogens is 1. The number of hydrogen-bond donors (Lipinski definition) is 1. The molecule has 1 heterocycles. The Morgan fingerprint density at radius 2 is 2.00 bits per heavy atom. The van der Waals surface area contributed by atoms with Gasteiger partial charge in [-0.3, -0.25) is 4.98 Å². The molecule has 1 aromatic heterocycles. The number of aliphatic hydroxyl groups is 1. The van der Waals surface area contributed by atoms with Crippen LogP contribution in [0.25, 0.3) is 0 Å². The van der Waals surface area contributed by atoms with E-state index in [1.807, 2.05) is 18.2 Å². The zero-order chi connectivity index (χ0) is 12.3. The third-order valence-corrected chi connectivity index (χ3v) is 3.14. The van der Waals surface area contributed by atoms with Crippen molar-refractivity contribution in [1.29, 1.82) is 0 Å². The summed E-state index contributed by atoms with van der Waals surface area (Å²) < 4.78 is 7.32. The zero-order valence-electron chi connectivity index (χ0n) is 8.73. The van der Waals surface area contributed by atoms with Gasteiger partial charge in [0.25, 0.3) is 0 Å². The largest absolute Gasteiger partial charge is 0.455 e. The molecular formula is C12H9Br2NO2. The first-order valence-electron chi connectivity index (χ1n) is 4.87. The van der Waals surface area contributed by atoms with Crippen molar-refractivity contribution < 1.29 is 9.84 Å². The van der Waals surface area contributed by atoms with Gasteiger partial charge in [0, 0.05) is 10.7 Å². The van der Waals surface area contributed by atoms with Gasteiger partial charge in [0.1, 0.15) is 11.5 Å². The first-order chi connectivity index (χ1) is 8.19. The van der Waals surface area contributed by atoms with Crippen LogP contribution in [0.15, 0.2) is 45.6 Å². The summed E-state index contributed by atoms with van der Waals surface area (Å²) >= 11 is 6.73. The summed E-state index contributed by atoms with van der Waals surface area (Å²) in [5.74, 6) is 1.33. The number of ether oxygens (including phenoxy) is 1. The first-order valence-corrected chi connectivity index (χ1v) is 6.45. The van der Waals surface area contributed by atoms with Crippen molar-refractivity contribution in [2.45, 2.75) is 6.61 Å². The van der Waals surface area contributed by atoms with Gasteiger partial charge in [-0.05, 0) is 55.6 Å². The van der Waals surface area contributed by atoms with Crippen LogP contribution in [-0.2, 0) is 6.61 Å². The molecule has 2 aromatic rings. The minimum atomic E-state index is 0.0112. The molecule has 0 radical (unpaired) electrons. The minimum Gasteiger partial charge on any atom is -0.455 e. The fraction of sp³-hybridized carbons (Fsp3) is 0.0833. The second kappa shape index (κ2) is 5.62. The molecule has 0 saturated carbocycles. The Morgan fingerprint density at radius 3 is 2.65 bits per heavy atom. The number of nitrogens with zero attached hydrogens (tertiary/aromatic N) is 1. The highest BCUT2D eigenvalue weighted by Crippen LogP contribution is 2.31. The quantitative estimate of drug-likeness (QED) is 0.904. The highest BCUT2D eigenvalue weighted by Gasteiger charge is 2.04. The van der Waals surface area contributed by atoms with Crippen LogP contribution in [0.3, 0.4) is 0 Å². The van der Waals surface area contributed by atoms with Crippen molar-refractivity contribution in [2.24, 2.45) is 0 Å². The summed E-state index contributed by atoms with van der Waals surface area (Å²) in [6.07, 6.45) is 3.33. The van der Waals surface area contributed by atoms with Crippen molar-refractivity contribution in [3.05, 3.63) is 51.2 Å². The van der Waals surface area contributed by atoms with E-state index in [1.165, 1.54) is 0 Å². The van der Waals surface area contributed by atoms with Gasteiger partial charge in [-0.1, -0.05) is 6.07 Å². The second-order valence-electron chi connectivity index (χ2n) is 3.36. The molecule has 0 aliphatic carbocycles. The van der Waals surface area contributed by atoms with Crippen molar-refractivity contribution in [3.63, 3.8) is 0 Å². The molecule has 2 rings (SSSR count). The molecule has 0 spiro atoms. The van der Waals surface area contributed by atoms with Gasteiger partial charge in [-0.15, -0.1) is 0 Å². The normalized spacial score (nSPS) is 10.3. The van der Waals surface area contributed by atoms with Crippen LogP contribution in [0.5, 0.6) is 11.5 Å². The van der Waals surface area contributed by atoms with E-state index in [0.717, 1.165) is 14.5 Å². The number of benzene rings is 1. The lowest BCUT2D eigenvalue weighted by molar-refractivity contribution is 0.281. The average molecular weight is 359 g/mol. The third-order valence-electron chi connectivity index (χ3n) is 2.09. The van der Waals surface area contributed by atoms with E-state index in [4.69, 9.17) is 9.84 Å². The summed E-state index contributed by atoms with van der Waals surface area (Å²) in [6, 6.07) is 7.27. The number of aliphatic hydroxyl groups excluding tert-OH is 1. The maximum Gasteiger partial charge on any atom is 0.146 e. The van der Waals surface area contributed by atoms with Crippen LogP contribution < -0.4 is 4.74 Å². The van der Waals surface area contributed by atoms with E-state index in [0.29, 0.717) is 11.5 Å². The smallest absolute Gasteiger partial charge is 0.146 e. The summed E-state index contributed by atoms with van der Waals surface area (Å²) in [6.45, 7) is 0.0112. The third kappa shape index (κ3) is 3.28. The Hall–Kier alpha value is -0.910. The van der Waals surface area contributed by atoms with Crippen LogP contribution in [0.2, 0.25) is 0 Å². The standard InChI is InChI=1S/C12H9Br2NO2/c13-9-4-10(6-15-5-9)17-12-2-1-8(7-16)3-11(12)14/h1-6,16H,7H2. The van der Waals surface area contributed by atoms with E-state index in [1.54, 1.807) is 18.5 Å². The van der Waals surface area contributed by atoms with E-state index in [9.17, 15) is 0 Å². The molecule has 3 nitrogen and oxygen atoms in total. The Labute approximate surface area is 116 Å². The van der Waals surface area contributed by atoms with E-state index < -0.39 is 0 Å². The summed E-state index contributed by atoms with van der Waals surface area (Å²) in [5.41, 5.74) is 0.830. The molecular weight excluding hydrogens is 350 g/mol. The maximum atomic E-state index is 9.00. The monoisotopic (exact) mass is 357 g/mol. The van der Waals surface area contributed by atoms with Gasteiger partial charge in [0.05, 0.1) is 17.3 Å². The van der Waals surface area contributed by atoms with Crippen LogP contribution in [0.1, 0.15) is 5.56 Å². The lowest BCUT2D eigenvalue weighted by atomic mass is 10.2. The molecule has 17 heavy (non-hydrogen) atoms. The van der Waals surface area contributed by atoms with Gasteiger partial charge in [0.15, 0.2) is 0 Å². The minimum absolute atomic E-state index is 0.0112. The SMILES string of the molecule is OCc1ccc(Oc2cncc(Br)c2)c(Br)c1. The molecule has 1 N–H and O–H groups in total. The fourth-order valence-corrected chi connectivity index (χ4v) is 2.15. The molecule has 0 atom stereocenters. The molecule has 0 bridgehead atoms. The molecule has 0 amide bonds. The second-order valence-corrected chi connectivity index (χ2v) is 5.13. The molecule has 0 saturated heterocycles. The number of hydrogen-bond acceptors (Lipinski definition) is 3. The summed E-state index contributed by atoms with van der Waals surface area (Å²) in [5, 5.41) is 9.00. The van der Waals surface area contributed by atoms with Crippen molar-refractivity contribution in [2.75, 3.05) is 0 Å². The highest BCUT2D eigenvalue weighted by atomic mass is 79.9. The Balaban J connectivity index is 2.24. The molecule has 0 unspecified atom stereocenters. The van der Waals surface area contributed by atoms with Crippen molar-refractivity contribution in [3.8, 4) is 11.5 Å². The van der Waals surface area contributed by atoms with E-state index >= 15 is 0 Å². The lowest BCUT2D eigenvalue weighted by Gasteiger charge is -2.08. The topological polar surface area (TPSA) is 42.4 Å². The van der Waals surface area contributed by atoms with Gasteiger partial charge in [0.2, 0.25) is 0 Å². The molecule has 1 aromatic carbocycles. The summed E-state index contributed by atoms with van der Waals surface area (Å²) in [4.78, 5) is 4.02. The van der Waals surface area contributed by atoms with Crippen LogP contribution in [-0.4, -0.2) is 10.1 Å². The average Bonchev–Trinajstić information content (AvgIpc) is 2.32. The number of halogens is 2. The van der Waals surface area contributed by atoms with Crippen molar-refractivity contribution >= 4 is 31.9 Å². The Kier molecular flexibility index (Phi) is 4.15. The highest BCUT2D eigenvalue weighted by molar-refractivity contribution is 9.10. The van der Waals surface area contributed by atoms with Gasteiger partial charge < -0.3 is 9.84 Å². The molecule has 0 aliphatic heterocycles. The predicted octanol–water partition coefficient (Wildman–Crippen LogP) is 3.89. The summed E-state index contributed by atoms with van der Waals surface area (Å²) in [7, 11) is 0. The van der Waals surface area contributed by atoms with Gasteiger partial charge >= 0.3 is 0 Å². The van der Waals surface area contributed by atoms with Gasteiger partial charge in [-0.25, -0.2) is 0 Å². The Morgan fingerprint density at radius 1 is 1.18 bits per heavy atom. The zero-order valence-corrected chi connectivity index (χ0v) is 11.9. The van der Waals surface area contributed by atoms with Gasteiger partial charge in [-0.2, -0.15) is 0 Å². The molecule has 0 fully saturated rings. The van der Waals surface area contributed by atoms with Crippen LogP contribution in [0.4, 0.5) is 0 Å². The van der Waals surface area contributed by atoms with E-state index in [2.05, 4.69) is 36.8 Å². The molecule has 5 heteroatoms. The maximum absolute atomic E-state index is 9.00. The van der Waals surface area contributed by atoms with E-state index in [-0.39, 0.29) is 6.61 Å². The predicted molar refractivity (Wildman–Crippen MR) is 72.1 cm³/mol. The lowest BCUT2D eigenvalue weighted by Crippen LogP contribution is -1.89. The Bertz CT molecular complexity index is 532. The fourth-order valence-electron chi connectivity index (χ4n) is 1.30.